The van der Waals surface area contributed by atoms with Crippen LogP contribution >= 0.6 is 0 Å². The minimum atomic E-state index is -0.526. The van der Waals surface area contributed by atoms with Crippen LogP contribution in [0.1, 0.15) is 27.6 Å². The number of hydrogen-bond acceptors (Lipinski definition) is 6. The van der Waals surface area contributed by atoms with Gasteiger partial charge in [-0.2, -0.15) is 5.10 Å². The van der Waals surface area contributed by atoms with Crippen molar-refractivity contribution >= 4 is 34.4 Å². The Morgan fingerprint density at radius 3 is 2.48 bits per heavy atom. The van der Waals surface area contributed by atoms with E-state index in [-0.39, 0.29) is 30.5 Å². The van der Waals surface area contributed by atoms with E-state index in [4.69, 9.17) is 4.74 Å². The molecule has 3 aromatic rings. The number of ether oxygens (including phenoxy) is 1. The predicted molar refractivity (Wildman–Crippen MR) is 124 cm³/mol. The SMILES string of the molecule is CCOC(=O)c1cnn(C)c1NC(=O)CN1CCN(C(=O)c2cccc3ccccc23)CC1. The van der Waals surface area contributed by atoms with Gasteiger partial charge < -0.3 is 15.0 Å². The van der Waals surface area contributed by atoms with Crippen molar-refractivity contribution in [3.05, 3.63) is 59.8 Å². The number of piperazine rings is 1. The number of esters is 1. The average Bonchev–Trinajstić information content (AvgIpc) is 3.19. The van der Waals surface area contributed by atoms with Crippen LogP contribution < -0.4 is 5.32 Å². The maximum atomic E-state index is 13.1. The van der Waals surface area contributed by atoms with E-state index >= 15 is 0 Å². The molecule has 1 fully saturated rings. The molecule has 0 bridgehead atoms. The number of rotatable bonds is 6. The zero-order valence-corrected chi connectivity index (χ0v) is 18.8. The molecule has 0 atom stereocenters. The fourth-order valence-electron chi connectivity index (χ4n) is 4.01. The summed E-state index contributed by atoms with van der Waals surface area (Å²) in [5.41, 5.74) is 0.917. The molecule has 0 saturated carbocycles. The van der Waals surface area contributed by atoms with E-state index in [1.54, 1.807) is 14.0 Å². The van der Waals surface area contributed by atoms with Crippen LogP contribution in [0.5, 0.6) is 0 Å². The minimum absolute atomic E-state index is 0.00450. The molecule has 172 valence electrons. The Bertz CT molecular complexity index is 1180. The molecule has 1 saturated heterocycles. The number of aryl methyl sites for hydroxylation is 1. The number of hydrogen-bond donors (Lipinski definition) is 1. The summed E-state index contributed by atoms with van der Waals surface area (Å²) in [4.78, 5) is 41.6. The number of amides is 2. The van der Waals surface area contributed by atoms with Gasteiger partial charge in [0.25, 0.3) is 5.91 Å². The van der Waals surface area contributed by atoms with Gasteiger partial charge >= 0.3 is 5.97 Å². The normalized spacial score (nSPS) is 14.3. The van der Waals surface area contributed by atoms with Gasteiger partial charge in [0.1, 0.15) is 11.4 Å². The zero-order valence-electron chi connectivity index (χ0n) is 18.8. The summed E-state index contributed by atoms with van der Waals surface area (Å²) in [6.07, 6.45) is 1.38. The molecule has 9 nitrogen and oxygen atoms in total. The van der Waals surface area contributed by atoms with Gasteiger partial charge in [0.2, 0.25) is 5.91 Å². The van der Waals surface area contributed by atoms with Crippen LogP contribution in [-0.4, -0.2) is 76.7 Å². The monoisotopic (exact) mass is 449 g/mol. The molecule has 1 N–H and O–H groups in total. The Labute approximate surface area is 191 Å². The number of carbonyl (C=O) groups is 3. The standard InChI is InChI=1S/C24H27N5O4/c1-3-33-24(32)20-15-25-27(2)22(20)26-21(30)16-28-11-13-29(14-12-28)23(31)19-10-6-8-17-7-4-5-9-18(17)19/h4-10,15H,3,11-14,16H2,1-2H3,(H,26,30). The fraction of sp³-hybridized carbons (Fsp3) is 0.333. The van der Waals surface area contributed by atoms with Crippen LogP contribution in [0.2, 0.25) is 0 Å². The summed E-state index contributed by atoms with van der Waals surface area (Å²) >= 11 is 0. The summed E-state index contributed by atoms with van der Waals surface area (Å²) in [7, 11) is 1.65. The van der Waals surface area contributed by atoms with Crippen molar-refractivity contribution in [1.82, 2.24) is 19.6 Å². The third-order valence-electron chi connectivity index (χ3n) is 5.74. The van der Waals surface area contributed by atoms with E-state index in [0.717, 1.165) is 10.8 Å². The Morgan fingerprint density at radius 2 is 1.73 bits per heavy atom. The third kappa shape index (κ3) is 4.88. The van der Waals surface area contributed by atoms with Crippen LogP contribution in [-0.2, 0) is 16.6 Å². The number of carbonyl (C=O) groups excluding carboxylic acids is 3. The van der Waals surface area contributed by atoms with Gasteiger partial charge in [-0.3, -0.25) is 19.2 Å². The van der Waals surface area contributed by atoms with Gasteiger partial charge in [-0.1, -0.05) is 36.4 Å². The molecule has 1 aliphatic heterocycles. The van der Waals surface area contributed by atoms with Gasteiger partial charge in [-0.15, -0.1) is 0 Å². The topological polar surface area (TPSA) is 96.8 Å². The number of benzene rings is 2. The second-order valence-electron chi connectivity index (χ2n) is 7.89. The van der Waals surface area contributed by atoms with Crippen molar-refractivity contribution in [3.8, 4) is 0 Å². The summed E-state index contributed by atoms with van der Waals surface area (Å²) < 4.78 is 6.45. The molecule has 0 spiro atoms. The molecule has 0 unspecified atom stereocenters. The van der Waals surface area contributed by atoms with Crippen molar-refractivity contribution in [2.24, 2.45) is 7.05 Å². The number of anilines is 1. The molecule has 2 heterocycles. The highest BCUT2D eigenvalue weighted by Crippen LogP contribution is 2.21. The van der Waals surface area contributed by atoms with Crippen LogP contribution in [0, 0.1) is 0 Å². The van der Waals surface area contributed by atoms with Crippen molar-refractivity contribution in [3.63, 3.8) is 0 Å². The summed E-state index contributed by atoms with van der Waals surface area (Å²) in [5, 5.41) is 8.79. The highest BCUT2D eigenvalue weighted by Gasteiger charge is 2.25. The van der Waals surface area contributed by atoms with Gasteiger partial charge in [0.15, 0.2) is 0 Å². The first-order chi connectivity index (χ1) is 16.0. The fourth-order valence-corrected chi connectivity index (χ4v) is 4.01. The lowest BCUT2D eigenvalue weighted by Gasteiger charge is -2.34. The lowest BCUT2D eigenvalue weighted by Crippen LogP contribution is -2.50. The Balaban J connectivity index is 1.34. The number of aromatic nitrogens is 2. The molecule has 1 aliphatic rings. The van der Waals surface area contributed by atoms with Crippen molar-refractivity contribution in [2.45, 2.75) is 6.92 Å². The van der Waals surface area contributed by atoms with Gasteiger partial charge in [-0.05, 0) is 23.8 Å². The maximum absolute atomic E-state index is 13.1. The first kappa shape index (κ1) is 22.5. The Kier molecular flexibility index (Phi) is 6.69. The van der Waals surface area contributed by atoms with Crippen molar-refractivity contribution in [2.75, 3.05) is 44.6 Å². The van der Waals surface area contributed by atoms with E-state index in [0.29, 0.717) is 37.6 Å². The van der Waals surface area contributed by atoms with Crippen molar-refractivity contribution < 1.29 is 19.1 Å². The lowest BCUT2D eigenvalue weighted by atomic mass is 10.0. The maximum Gasteiger partial charge on any atom is 0.343 e. The number of nitrogens with one attached hydrogen (secondary N) is 1. The molecule has 0 radical (unpaired) electrons. The molecule has 1 aromatic heterocycles. The molecule has 0 aliphatic carbocycles. The van der Waals surface area contributed by atoms with Gasteiger partial charge in [0, 0.05) is 38.8 Å². The van der Waals surface area contributed by atoms with Gasteiger partial charge in [0.05, 0.1) is 19.3 Å². The number of fused-ring (bicyclic) bond motifs is 1. The predicted octanol–water partition coefficient (Wildman–Crippen LogP) is 2.15. The molecule has 4 rings (SSSR count). The first-order valence-electron chi connectivity index (χ1n) is 11.0. The second kappa shape index (κ2) is 9.83. The summed E-state index contributed by atoms with van der Waals surface area (Å²) in [6.45, 7) is 4.36. The highest BCUT2D eigenvalue weighted by molar-refractivity contribution is 6.07. The summed E-state index contributed by atoms with van der Waals surface area (Å²) in [5.74, 6) is -0.465. The lowest BCUT2D eigenvalue weighted by molar-refractivity contribution is -0.117. The quantitative estimate of drug-likeness (QED) is 0.580. The average molecular weight is 450 g/mol. The molecule has 33 heavy (non-hydrogen) atoms. The molecule has 9 heteroatoms. The van der Waals surface area contributed by atoms with Crippen LogP contribution in [0.15, 0.2) is 48.7 Å². The van der Waals surface area contributed by atoms with E-state index in [1.165, 1.54) is 10.9 Å². The molecular formula is C24H27N5O4. The Hall–Kier alpha value is -3.72. The first-order valence-corrected chi connectivity index (χ1v) is 11.0. The van der Waals surface area contributed by atoms with Crippen LogP contribution in [0.4, 0.5) is 5.82 Å². The van der Waals surface area contributed by atoms with E-state index < -0.39 is 5.97 Å². The largest absolute Gasteiger partial charge is 0.462 e. The number of nitrogens with zero attached hydrogens (tertiary/aromatic N) is 4. The molecule has 2 aromatic carbocycles. The highest BCUT2D eigenvalue weighted by atomic mass is 16.5. The van der Waals surface area contributed by atoms with Crippen LogP contribution in [0.25, 0.3) is 10.8 Å². The Morgan fingerprint density at radius 1 is 1.00 bits per heavy atom. The zero-order chi connectivity index (χ0) is 23.4. The van der Waals surface area contributed by atoms with E-state index in [9.17, 15) is 14.4 Å². The third-order valence-corrected chi connectivity index (χ3v) is 5.74. The van der Waals surface area contributed by atoms with Gasteiger partial charge in [-0.25, -0.2) is 4.79 Å². The minimum Gasteiger partial charge on any atom is -0.462 e. The smallest absolute Gasteiger partial charge is 0.343 e. The van der Waals surface area contributed by atoms with E-state index in [2.05, 4.69) is 10.4 Å². The van der Waals surface area contributed by atoms with Crippen molar-refractivity contribution in [1.29, 1.82) is 0 Å². The van der Waals surface area contributed by atoms with E-state index in [1.807, 2.05) is 52.3 Å². The molecule has 2 amide bonds. The second-order valence-corrected chi connectivity index (χ2v) is 7.89. The van der Waals surface area contributed by atoms with Crippen LogP contribution in [0.3, 0.4) is 0 Å². The summed E-state index contributed by atoms with van der Waals surface area (Å²) in [6, 6.07) is 13.6. The molecular weight excluding hydrogens is 422 g/mol.